The molecule has 0 bridgehead atoms. The van der Waals surface area contributed by atoms with E-state index < -0.39 is 0 Å². The number of hydrogen-bond donors (Lipinski definition) is 4. The molecule has 0 aliphatic carbocycles. The van der Waals surface area contributed by atoms with Gasteiger partial charge in [0.15, 0.2) is 0 Å². The number of rotatable bonds is 11. The molecular weight excluding hydrogens is 661 g/mol. The molecule has 7 aromatic carbocycles. The Kier molecular flexibility index (Phi) is 11.6. The molecular formula is C45H42N4O4. The second kappa shape index (κ2) is 17.2. The third-order valence-corrected chi connectivity index (χ3v) is 8.20. The summed E-state index contributed by atoms with van der Waals surface area (Å²) in [6.07, 6.45) is 0.996. The number of nitrogen functional groups attached to an aromatic ring is 4. The molecule has 7 aromatic rings. The van der Waals surface area contributed by atoms with Crippen LogP contribution in [0.2, 0.25) is 0 Å². The summed E-state index contributed by atoms with van der Waals surface area (Å²) in [6.45, 7) is 2.20. The lowest BCUT2D eigenvalue weighted by atomic mass is 9.89. The Balaban J connectivity index is 0.000000192. The standard InChI is InChI=1S/C27H26N2O2.C18H16N2O2/c1-2-27(19-3-11-23(12-4-19)30-25-15-7-21(28)8-16-25)20-5-13-24(14-6-20)31-26-17-9-22(29)10-18-26;19-13-4-1-6-15(10-13)21-17-8-3-9-18(12-17)22-16-7-2-5-14(20)11-16/h3-18,27H,2,28-29H2,1H3;1-12H,19-20H2. The Morgan fingerprint density at radius 3 is 0.981 bits per heavy atom. The minimum absolute atomic E-state index is 0.302. The summed E-state index contributed by atoms with van der Waals surface area (Å²) in [5.41, 5.74) is 28.2. The van der Waals surface area contributed by atoms with Crippen molar-refractivity contribution in [2.75, 3.05) is 22.9 Å². The van der Waals surface area contributed by atoms with Crippen molar-refractivity contribution < 1.29 is 18.9 Å². The summed E-state index contributed by atoms with van der Waals surface area (Å²) in [5.74, 6) is 6.15. The van der Waals surface area contributed by atoms with Gasteiger partial charge in [-0.2, -0.15) is 0 Å². The molecule has 8 N–H and O–H groups in total. The van der Waals surface area contributed by atoms with Crippen LogP contribution in [0.25, 0.3) is 0 Å². The minimum Gasteiger partial charge on any atom is -0.457 e. The van der Waals surface area contributed by atoms with Crippen molar-refractivity contribution >= 4 is 22.7 Å². The third kappa shape index (κ3) is 10.5. The lowest BCUT2D eigenvalue weighted by molar-refractivity contribution is 0.460. The number of hydrogen-bond acceptors (Lipinski definition) is 8. The molecule has 8 nitrogen and oxygen atoms in total. The van der Waals surface area contributed by atoms with Gasteiger partial charge in [-0.05, 0) is 127 Å². The second-order valence-electron chi connectivity index (χ2n) is 12.3. The molecule has 0 aliphatic rings. The molecule has 0 aliphatic heterocycles. The van der Waals surface area contributed by atoms with Gasteiger partial charge >= 0.3 is 0 Å². The van der Waals surface area contributed by atoms with Crippen LogP contribution in [-0.4, -0.2) is 0 Å². The van der Waals surface area contributed by atoms with Crippen LogP contribution in [0.15, 0.2) is 170 Å². The zero-order chi connectivity index (χ0) is 37.0. The summed E-state index contributed by atoms with van der Waals surface area (Å²) in [6, 6.07) is 53.3. The van der Waals surface area contributed by atoms with E-state index in [1.165, 1.54) is 11.1 Å². The highest BCUT2D eigenvalue weighted by molar-refractivity contribution is 5.49. The van der Waals surface area contributed by atoms with Crippen molar-refractivity contribution in [3.63, 3.8) is 0 Å². The number of benzene rings is 7. The van der Waals surface area contributed by atoms with Crippen LogP contribution in [0.3, 0.4) is 0 Å². The summed E-state index contributed by atoms with van der Waals surface area (Å²) >= 11 is 0. The van der Waals surface area contributed by atoms with Crippen LogP contribution >= 0.6 is 0 Å². The largest absolute Gasteiger partial charge is 0.457 e. The lowest BCUT2D eigenvalue weighted by Gasteiger charge is -2.17. The van der Waals surface area contributed by atoms with Crippen molar-refractivity contribution in [1.29, 1.82) is 0 Å². The predicted molar refractivity (Wildman–Crippen MR) is 215 cm³/mol. The van der Waals surface area contributed by atoms with Gasteiger partial charge in [-0.3, -0.25) is 0 Å². The van der Waals surface area contributed by atoms with Gasteiger partial charge in [0.25, 0.3) is 0 Å². The molecule has 0 heterocycles. The van der Waals surface area contributed by atoms with Crippen molar-refractivity contribution in [2.45, 2.75) is 19.3 Å². The van der Waals surface area contributed by atoms with Crippen LogP contribution < -0.4 is 41.9 Å². The first-order valence-electron chi connectivity index (χ1n) is 17.2. The minimum atomic E-state index is 0.302. The summed E-state index contributed by atoms with van der Waals surface area (Å²) in [5, 5.41) is 0. The van der Waals surface area contributed by atoms with Crippen molar-refractivity contribution in [3.05, 3.63) is 181 Å². The molecule has 53 heavy (non-hydrogen) atoms. The zero-order valence-corrected chi connectivity index (χ0v) is 29.4. The highest BCUT2D eigenvalue weighted by atomic mass is 16.5. The van der Waals surface area contributed by atoms with Crippen molar-refractivity contribution in [2.24, 2.45) is 0 Å². The molecule has 266 valence electrons. The Morgan fingerprint density at radius 2 is 0.642 bits per heavy atom. The van der Waals surface area contributed by atoms with E-state index in [0.717, 1.165) is 40.8 Å². The maximum atomic E-state index is 5.91. The Bertz CT molecular complexity index is 2050. The highest BCUT2D eigenvalue weighted by Gasteiger charge is 2.13. The average Bonchev–Trinajstić information content (AvgIpc) is 3.16. The van der Waals surface area contributed by atoms with Gasteiger partial charge in [0, 0.05) is 46.9 Å². The molecule has 0 amide bonds. The maximum absolute atomic E-state index is 5.91. The quantitative estimate of drug-likeness (QED) is 0.0976. The zero-order valence-electron chi connectivity index (χ0n) is 29.4. The van der Waals surface area contributed by atoms with Crippen LogP contribution in [0.5, 0.6) is 46.0 Å². The van der Waals surface area contributed by atoms with Crippen LogP contribution in [-0.2, 0) is 0 Å². The molecule has 0 saturated carbocycles. The Morgan fingerprint density at radius 1 is 0.340 bits per heavy atom. The van der Waals surface area contributed by atoms with E-state index in [2.05, 4.69) is 31.2 Å². The van der Waals surface area contributed by atoms with Gasteiger partial charge in [-0.25, -0.2) is 0 Å². The number of anilines is 4. The van der Waals surface area contributed by atoms with Gasteiger partial charge in [0.2, 0.25) is 0 Å². The van der Waals surface area contributed by atoms with Gasteiger partial charge in [0.1, 0.15) is 46.0 Å². The first-order chi connectivity index (χ1) is 25.8. The van der Waals surface area contributed by atoms with Gasteiger partial charge in [-0.15, -0.1) is 0 Å². The van der Waals surface area contributed by atoms with Gasteiger partial charge in [-0.1, -0.05) is 49.4 Å². The van der Waals surface area contributed by atoms with E-state index in [0.29, 0.717) is 40.3 Å². The molecule has 8 heteroatoms. The number of ether oxygens (including phenoxy) is 4. The van der Waals surface area contributed by atoms with Gasteiger partial charge in [0.05, 0.1) is 0 Å². The Hall–Kier alpha value is -7.06. The SMILES string of the molecule is CCC(c1ccc(Oc2ccc(N)cc2)cc1)c1ccc(Oc2ccc(N)cc2)cc1.Nc1cccc(Oc2cccc(Oc3cccc(N)c3)c2)c1. The highest BCUT2D eigenvalue weighted by Crippen LogP contribution is 2.33. The van der Waals surface area contributed by atoms with E-state index in [9.17, 15) is 0 Å². The van der Waals surface area contributed by atoms with E-state index in [4.69, 9.17) is 41.9 Å². The van der Waals surface area contributed by atoms with E-state index in [1.54, 1.807) is 12.1 Å². The molecule has 0 fully saturated rings. The molecule has 0 saturated heterocycles. The summed E-state index contributed by atoms with van der Waals surface area (Å²) in [4.78, 5) is 0. The molecule has 0 aromatic heterocycles. The normalized spacial score (nSPS) is 10.5. The first kappa shape index (κ1) is 35.8. The molecule has 0 spiro atoms. The first-order valence-corrected chi connectivity index (χ1v) is 17.2. The molecule has 0 atom stereocenters. The monoisotopic (exact) mass is 702 g/mol. The van der Waals surface area contributed by atoms with E-state index in [1.807, 2.05) is 133 Å². The fourth-order valence-corrected chi connectivity index (χ4v) is 5.57. The topological polar surface area (TPSA) is 141 Å². The molecule has 0 unspecified atom stereocenters. The summed E-state index contributed by atoms with van der Waals surface area (Å²) < 4.78 is 23.4. The van der Waals surface area contributed by atoms with E-state index in [-0.39, 0.29) is 0 Å². The number of nitrogens with two attached hydrogens (primary N) is 4. The van der Waals surface area contributed by atoms with Crippen molar-refractivity contribution in [1.82, 2.24) is 0 Å². The third-order valence-electron chi connectivity index (χ3n) is 8.20. The maximum Gasteiger partial charge on any atom is 0.131 e. The second-order valence-corrected chi connectivity index (χ2v) is 12.3. The smallest absolute Gasteiger partial charge is 0.131 e. The summed E-state index contributed by atoms with van der Waals surface area (Å²) in [7, 11) is 0. The predicted octanol–water partition coefficient (Wildman–Crippen LogP) is 11.4. The lowest BCUT2D eigenvalue weighted by Crippen LogP contribution is -2.00. The average molecular weight is 703 g/mol. The molecule has 0 radical (unpaired) electrons. The fraction of sp³-hybridized carbons (Fsp3) is 0.0667. The van der Waals surface area contributed by atoms with Crippen LogP contribution in [0, 0.1) is 0 Å². The van der Waals surface area contributed by atoms with Crippen LogP contribution in [0.4, 0.5) is 22.7 Å². The van der Waals surface area contributed by atoms with Crippen LogP contribution in [0.1, 0.15) is 30.4 Å². The molecule has 7 rings (SSSR count). The van der Waals surface area contributed by atoms with Crippen molar-refractivity contribution in [3.8, 4) is 46.0 Å². The van der Waals surface area contributed by atoms with Gasteiger partial charge < -0.3 is 41.9 Å². The van der Waals surface area contributed by atoms with E-state index >= 15 is 0 Å². The fourth-order valence-electron chi connectivity index (χ4n) is 5.57. The Labute approximate surface area is 310 Å².